The lowest BCUT2D eigenvalue weighted by Crippen LogP contribution is -2.35. The molecule has 0 fully saturated rings. The number of unbranched alkanes of at least 4 members (excludes halogenated alkanes) is 1. The Morgan fingerprint density at radius 1 is 1.26 bits per heavy atom. The quantitative estimate of drug-likeness (QED) is 0.703. The van der Waals surface area contributed by atoms with Gasteiger partial charge < -0.3 is 5.32 Å². The standard InChI is InChI=1S/C17H28N2O3S/c1-5-6-12-18-17(20)11-13-19(23(4,21)22)16-10-8-7-9-15(16)14(2)3/h7-10,14H,5-6,11-13H2,1-4H3,(H,18,20). The second-order valence-corrected chi connectivity index (χ2v) is 7.91. The molecule has 0 aromatic heterocycles. The van der Waals surface area contributed by atoms with Gasteiger partial charge in [-0.05, 0) is 24.0 Å². The van der Waals surface area contributed by atoms with Gasteiger partial charge in [0.2, 0.25) is 15.9 Å². The van der Waals surface area contributed by atoms with Gasteiger partial charge in [-0.2, -0.15) is 0 Å². The number of carbonyl (C=O) groups excluding carboxylic acids is 1. The summed E-state index contributed by atoms with van der Waals surface area (Å²) in [4.78, 5) is 11.9. The van der Waals surface area contributed by atoms with Crippen LogP contribution < -0.4 is 9.62 Å². The molecule has 130 valence electrons. The molecule has 0 spiro atoms. The van der Waals surface area contributed by atoms with Gasteiger partial charge in [-0.15, -0.1) is 0 Å². The highest BCUT2D eigenvalue weighted by Crippen LogP contribution is 2.29. The Bertz CT molecular complexity index is 612. The molecule has 5 nitrogen and oxygen atoms in total. The monoisotopic (exact) mass is 340 g/mol. The lowest BCUT2D eigenvalue weighted by molar-refractivity contribution is -0.120. The third kappa shape index (κ3) is 6.22. The number of nitrogens with one attached hydrogen (secondary N) is 1. The van der Waals surface area contributed by atoms with E-state index < -0.39 is 10.0 Å². The molecular formula is C17H28N2O3S. The molecule has 0 saturated carbocycles. The number of amides is 1. The number of sulfonamides is 1. The lowest BCUT2D eigenvalue weighted by atomic mass is 10.0. The number of nitrogens with zero attached hydrogens (tertiary/aromatic N) is 1. The summed E-state index contributed by atoms with van der Waals surface area (Å²) >= 11 is 0. The van der Waals surface area contributed by atoms with E-state index in [1.807, 2.05) is 32.0 Å². The zero-order valence-electron chi connectivity index (χ0n) is 14.5. The second kappa shape index (κ2) is 8.91. The minimum absolute atomic E-state index is 0.117. The average molecular weight is 340 g/mol. The number of hydrogen-bond acceptors (Lipinski definition) is 3. The summed E-state index contributed by atoms with van der Waals surface area (Å²) in [6.07, 6.45) is 3.28. The van der Waals surface area contributed by atoms with Crippen molar-refractivity contribution in [3.63, 3.8) is 0 Å². The molecule has 0 aliphatic rings. The van der Waals surface area contributed by atoms with Crippen LogP contribution in [0.5, 0.6) is 0 Å². The van der Waals surface area contributed by atoms with Crippen LogP contribution in [0.1, 0.15) is 51.5 Å². The van der Waals surface area contributed by atoms with Crippen molar-refractivity contribution in [1.82, 2.24) is 5.32 Å². The van der Waals surface area contributed by atoms with Crippen LogP contribution >= 0.6 is 0 Å². The van der Waals surface area contributed by atoms with Crippen LogP contribution in [-0.4, -0.2) is 33.7 Å². The van der Waals surface area contributed by atoms with Crippen LogP contribution in [0.15, 0.2) is 24.3 Å². The van der Waals surface area contributed by atoms with E-state index in [9.17, 15) is 13.2 Å². The molecular weight excluding hydrogens is 312 g/mol. The highest BCUT2D eigenvalue weighted by Gasteiger charge is 2.21. The molecule has 0 aliphatic heterocycles. The lowest BCUT2D eigenvalue weighted by Gasteiger charge is -2.26. The fourth-order valence-electron chi connectivity index (χ4n) is 2.36. The predicted octanol–water partition coefficient (Wildman–Crippen LogP) is 2.88. The second-order valence-electron chi connectivity index (χ2n) is 6.00. The Morgan fingerprint density at radius 3 is 2.48 bits per heavy atom. The summed E-state index contributed by atoms with van der Waals surface area (Å²) in [5.74, 6) is 0.0861. The molecule has 1 aromatic rings. The van der Waals surface area contributed by atoms with Gasteiger partial charge in [-0.1, -0.05) is 45.4 Å². The van der Waals surface area contributed by atoms with E-state index in [4.69, 9.17) is 0 Å². The first-order chi connectivity index (χ1) is 10.8. The van der Waals surface area contributed by atoms with Crippen LogP contribution in [0.2, 0.25) is 0 Å². The third-order valence-corrected chi connectivity index (χ3v) is 4.80. The maximum Gasteiger partial charge on any atom is 0.232 e. The predicted molar refractivity (Wildman–Crippen MR) is 95.3 cm³/mol. The van der Waals surface area contributed by atoms with Gasteiger partial charge in [0.05, 0.1) is 11.9 Å². The Kier molecular flexibility index (Phi) is 7.55. The largest absolute Gasteiger partial charge is 0.356 e. The Hall–Kier alpha value is -1.56. The van der Waals surface area contributed by atoms with Crippen LogP contribution in [0, 0.1) is 0 Å². The van der Waals surface area contributed by atoms with Crippen molar-refractivity contribution < 1.29 is 13.2 Å². The number of anilines is 1. The van der Waals surface area contributed by atoms with Gasteiger partial charge in [-0.3, -0.25) is 9.10 Å². The van der Waals surface area contributed by atoms with Crippen molar-refractivity contribution >= 4 is 21.6 Å². The minimum Gasteiger partial charge on any atom is -0.356 e. The Balaban J connectivity index is 2.90. The molecule has 1 aromatic carbocycles. The normalized spacial score (nSPS) is 11.5. The molecule has 0 saturated heterocycles. The van der Waals surface area contributed by atoms with Crippen LogP contribution in [0.3, 0.4) is 0 Å². The van der Waals surface area contributed by atoms with Crippen LogP contribution in [0.4, 0.5) is 5.69 Å². The van der Waals surface area contributed by atoms with Crippen molar-refractivity contribution in [2.75, 3.05) is 23.7 Å². The molecule has 0 atom stereocenters. The van der Waals surface area contributed by atoms with E-state index in [0.29, 0.717) is 12.2 Å². The maximum atomic E-state index is 12.2. The summed E-state index contributed by atoms with van der Waals surface area (Å²) in [7, 11) is -3.44. The number of hydrogen-bond donors (Lipinski definition) is 1. The first kappa shape index (κ1) is 19.5. The first-order valence-corrected chi connectivity index (χ1v) is 9.95. The van der Waals surface area contributed by atoms with Crippen molar-refractivity contribution in [1.29, 1.82) is 0 Å². The summed E-state index contributed by atoms with van der Waals surface area (Å²) in [6, 6.07) is 7.45. The highest BCUT2D eigenvalue weighted by atomic mass is 32.2. The van der Waals surface area contributed by atoms with E-state index in [0.717, 1.165) is 18.4 Å². The van der Waals surface area contributed by atoms with Gasteiger partial charge in [0, 0.05) is 19.5 Å². The van der Waals surface area contributed by atoms with E-state index in [2.05, 4.69) is 12.2 Å². The fourth-order valence-corrected chi connectivity index (χ4v) is 3.31. The highest BCUT2D eigenvalue weighted by molar-refractivity contribution is 7.92. The van der Waals surface area contributed by atoms with Crippen LogP contribution in [0.25, 0.3) is 0 Å². The molecule has 0 unspecified atom stereocenters. The molecule has 0 aliphatic carbocycles. The summed E-state index contributed by atoms with van der Waals surface area (Å²) in [6.45, 7) is 6.89. The Labute approximate surface area is 140 Å². The average Bonchev–Trinajstić information content (AvgIpc) is 2.46. The molecule has 1 N–H and O–H groups in total. The maximum absolute atomic E-state index is 12.2. The van der Waals surface area contributed by atoms with Crippen LogP contribution in [-0.2, 0) is 14.8 Å². The SMILES string of the molecule is CCCCNC(=O)CCN(c1ccccc1C(C)C)S(C)(=O)=O. The molecule has 1 amide bonds. The van der Waals surface area contributed by atoms with E-state index >= 15 is 0 Å². The zero-order valence-corrected chi connectivity index (χ0v) is 15.3. The number of carbonyl (C=O) groups is 1. The number of rotatable bonds is 9. The molecule has 0 heterocycles. The smallest absolute Gasteiger partial charge is 0.232 e. The van der Waals surface area contributed by atoms with Gasteiger partial charge in [-0.25, -0.2) is 8.42 Å². The Morgan fingerprint density at radius 2 is 1.91 bits per heavy atom. The molecule has 0 bridgehead atoms. The van der Waals surface area contributed by atoms with E-state index in [1.165, 1.54) is 10.6 Å². The molecule has 6 heteroatoms. The summed E-state index contributed by atoms with van der Waals surface area (Å²) in [5, 5.41) is 2.82. The third-order valence-electron chi connectivity index (χ3n) is 3.62. The fraction of sp³-hybridized carbons (Fsp3) is 0.588. The summed E-state index contributed by atoms with van der Waals surface area (Å²) < 4.78 is 25.7. The molecule has 23 heavy (non-hydrogen) atoms. The van der Waals surface area contributed by atoms with Gasteiger partial charge in [0.25, 0.3) is 0 Å². The first-order valence-electron chi connectivity index (χ1n) is 8.10. The molecule has 0 radical (unpaired) electrons. The molecule has 1 rings (SSSR count). The van der Waals surface area contributed by atoms with Crippen molar-refractivity contribution in [3.05, 3.63) is 29.8 Å². The topological polar surface area (TPSA) is 66.5 Å². The van der Waals surface area contributed by atoms with Gasteiger partial charge in [0.15, 0.2) is 0 Å². The minimum atomic E-state index is -3.44. The summed E-state index contributed by atoms with van der Waals surface area (Å²) in [5.41, 5.74) is 1.62. The zero-order chi connectivity index (χ0) is 17.5. The number of para-hydroxylation sites is 1. The van der Waals surface area contributed by atoms with Crippen molar-refractivity contribution in [3.8, 4) is 0 Å². The van der Waals surface area contributed by atoms with Gasteiger partial charge >= 0.3 is 0 Å². The van der Waals surface area contributed by atoms with E-state index in [1.54, 1.807) is 6.07 Å². The van der Waals surface area contributed by atoms with Crippen molar-refractivity contribution in [2.45, 2.75) is 46.0 Å². The van der Waals surface area contributed by atoms with E-state index in [-0.39, 0.29) is 24.8 Å². The number of benzene rings is 1. The van der Waals surface area contributed by atoms with Gasteiger partial charge in [0.1, 0.15) is 0 Å². The van der Waals surface area contributed by atoms with Crippen molar-refractivity contribution in [2.24, 2.45) is 0 Å².